The summed E-state index contributed by atoms with van der Waals surface area (Å²) in [5.41, 5.74) is -0.135. The van der Waals surface area contributed by atoms with Gasteiger partial charge in [0.1, 0.15) is 5.56 Å². The molecule has 2 fully saturated rings. The highest BCUT2D eigenvalue weighted by molar-refractivity contribution is 9.12. The van der Waals surface area contributed by atoms with Gasteiger partial charge in [-0.15, -0.1) is 0 Å². The molecule has 11 heteroatoms. The molecule has 1 saturated carbocycles. The molecule has 172 valence electrons. The molecule has 8 nitrogen and oxygen atoms in total. The van der Waals surface area contributed by atoms with Crippen LogP contribution in [0.2, 0.25) is 5.02 Å². The highest BCUT2D eigenvalue weighted by Crippen LogP contribution is 2.44. The quantitative estimate of drug-likeness (QED) is 0.214. The summed E-state index contributed by atoms with van der Waals surface area (Å²) in [4.78, 5) is 51.2. The van der Waals surface area contributed by atoms with Crippen molar-refractivity contribution in [3.8, 4) is 0 Å². The van der Waals surface area contributed by atoms with Crippen molar-refractivity contribution in [1.82, 2.24) is 10.0 Å². The first-order chi connectivity index (χ1) is 15.7. The number of benzene rings is 2. The van der Waals surface area contributed by atoms with Crippen LogP contribution >= 0.6 is 43.5 Å². The smallest absolute Gasteiger partial charge is 0.272 e. The maximum Gasteiger partial charge on any atom is 0.282 e. The fourth-order valence-corrected chi connectivity index (χ4v) is 5.72. The zero-order valence-corrected chi connectivity index (χ0v) is 21.0. The van der Waals surface area contributed by atoms with E-state index in [2.05, 4.69) is 31.9 Å². The van der Waals surface area contributed by atoms with Gasteiger partial charge in [-0.2, -0.15) is 5.01 Å². The van der Waals surface area contributed by atoms with Gasteiger partial charge in [-0.3, -0.25) is 24.5 Å². The van der Waals surface area contributed by atoms with Crippen LogP contribution in [0.3, 0.4) is 0 Å². The van der Waals surface area contributed by atoms with Crippen LogP contribution in [0.5, 0.6) is 0 Å². The van der Waals surface area contributed by atoms with E-state index in [1.165, 1.54) is 24.3 Å². The van der Waals surface area contributed by atoms with Gasteiger partial charge in [0.15, 0.2) is 0 Å². The number of hydrogen-bond acceptors (Lipinski definition) is 5. The van der Waals surface area contributed by atoms with Crippen LogP contribution in [0.1, 0.15) is 28.8 Å². The molecule has 1 saturated heterocycles. The second kappa shape index (κ2) is 9.52. The van der Waals surface area contributed by atoms with Crippen molar-refractivity contribution in [2.45, 2.75) is 29.0 Å². The molecular formula is C22H18Br2ClN3O5. The van der Waals surface area contributed by atoms with Gasteiger partial charge >= 0.3 is 0 Å². The first kappa shape index (κ1) is 23.8. The average molecular weight is 600 g/mol. The van der Waals surface area contributed by atoms with E-state index in [-0.39, 0.29) is 21.8 Å². The largest absolute Gasteiger partial charge is 0.282 e. The number of rotatable bonds is 5. The molecule has 0 aromatic heterocycles. The van der Waals surface area contributed by atoms with E-state index in [1.54, 1.807) is 24.3 Å². The Kier molecular flexibility index (Phi) is 6.88. The van der Waals surface area contributed by atoms with Crippen molar-refractivity contribution in [1.29, 1.82) is 0 Å². The Balaban J connectivity index is 1.78. The van der Waals surface area contributed by atoms with Crippen LogP contribution in [-0.4, -0.2) is 42.3 Å². The van der Waals surface area contributed by atoms with Crippen molar-refractivity contribution in [3.63, 3.8) is 0 Å². The van der Waals surface area contributed by atoms with Gasteiger partial charge in [0, 0.05) is 20.7 Å². The number of nitro benzene ring substituents is 1. The first-order valence-corrected chi connectivity index (χ1v) is 12.4. The van der Waals surface area contributed by atoms with Crippen molar-refractivity contribution >= 4 is 66.9 Å². The van der Waals surface area contributed by atoms with E-state index in [4.69, 9.17) is 11.6 Å². The lowest BCUT2D eigenvalue weighted by Crippen LogP contribution is -2.50. The van der Waals surface area contributed by atoms with Crippen LogP contribution in [0.15, 0.2) is 48.5 Å². The molecule has 0 bridgehead atoms. The van der Waals surface area contributed by atoms with E-state index in [0.717, 1.165) is 10.0 Å². The molecule has 4 rings (SSSR count). The molecule has 1 heterocycles. The van der Waals surface area contributed by atoms with E-state index in [1.807, 2.05) is 0 Å². The average Bonchev–Trinajstić information content (AvgIpc) is 3.02. The Morgan fingerprint density at radius 3 is 2.15 bits per heavy atom. The summed E-state index contributed by atoms with van der Waals surface area (Å²) in [6, 6.07) is 12.2. The predicted octanol–water partition coefficient (Wildman–Crippen LogP) is 4.73. The molecule has 1 aliphatic carbocycles. The van der Waals surface area contributed by atoms with Crippen molar-refractivity contribution in [3.05, 3.63) is 74.8 Å². The monoisotopic (exact) mass is 597 g/mol. The normalized spacial score (nSPS) is 24.5. The summed E-state index contributed by atoms with van der Waals surface area (Å²) >= 11 is 13.4. The first-order valence-electron chi connectivity index (χ1n) is 10.1. The Morgan fingerprint density at radius 1 is 1.03 bits per heavy atom. The summed E-state index contributed by atoms with van der Waals surface area (Å²) < 4.78 is 0. The predicted molar refractivity (Wildman–Crippen MR) is 128 cm³/mol. The van der Waals surface area contributed by atoms with Gasteiger partial charge in [-0.05, 0) is 30.5 Å². The molecule has 2 aromatic carbocycles. The van der Waals surface area contributed by atoms with E-state index in [0.29, 0.717) is 23.4 Å². The van der Waals surface area contributed by atoms with Crippen LogP contribution < -0.4 is 0 Å². The molecule has 3 amide bonds. The molecule has 1 aliphatic heterocycles. The van der Waals surface area contributed by atoms with Crippen LogP contribution in [0.25, 0.3) is 0 Å². The number of carbonyl (C=O) groups is 3. The Bertz CT molecular complexity index is 1120. The fraction of sp³-hybridized carbons (Fsp3) is 0.318. The number of fused-ring (bicyclic) bond motifs is 1. The zero-order chi connectivity index (χ0) is 23.9. The Labute approximate surface area is 211 Å². The van der Waals surface area contributed by atoms with Gasteiger partial charge in [-0.25, -0.2) is 5.01 Å². The highest BCUT2D eigenvalue weighted by atomic mass is 79.9. The van der Waals surface area contributed by atoms with Crippen molar-refractivity contribution in [2.75, 3.05) is 0 Å². The molecule has 0 N–H and O–H groups in total. The number of nitro groups is 1. The molecule has 0 unspecified atom stereocenters. The third-order valence-electron chi connectivity index (χ3n) is 5.97. The lowest BCUT2D eigenvalue weighted by atomic mass is 9.81. The number of alkyl halides is 2. The van der Waals surface area contributed by atoms with Crippen molar-refractivity contribution < 1.29 is 19.3 Å². The minimum absolute atomic E-state index is 0.00150. The Hall–Kier alpha value is -2.30. The minimum atomic E-state index is -0.826. The summed E-state index contributed by atoms with van der Waals surface area (Å²) in [6.07, 6.45) is 0.864. The number of hydrogen-bond donors (Lipinski definition) is 0. The third kappa shape index (κ3) is 4.43. The van der Waals surface area contributed by atoms with Gasteiger partial charge in [0.2, 0.25) is 0 Å². The molecular weight excluding hydrogens is 582 g/mol. The van der Waals surface area contributed by atoms with E-state index >= 15 is 0 Å². The minimum Gasteiger partial charge on any atom is -0.272 e. The number of amides is 3. The van der Waals surface area contributed by atoms with Crippen LogP contribution in [0.4, 0.5) is 5.69 Å². The maximum atomic E-state index is 13.6. The van der Waals surface area contributed by atoms with Crippen LogP contribution in [0, 0.1) is 22.0 Å². The maximum absolute atomic E-state index is 13.6. The second-order valence-corrected chi connectivity index (χ2v) is 10.7. The van der Waals surface area contributed by atoms with Gasteiger partial charge in [-0.1, -0.05) is 73.8 Å². The van der Waals surface area contributed by atoms with Gasteiger partial charge in [0.05, 0.1) is 23.3 Å². The van der Waals surface area contributed by atoms with Gasteiger partial charge in [0.25, 0.3) is 23.4 Å². The lowest BCUT2D eigenvalue weighted by Gasteiger charge is -2.30. The molecule has 4 atom stereocenters. The topological polar surface area (TPSA) is 101 Å². The number of imide groups is 1. The number of halogens is 3. The number of para-hydroxylation sites is 1. The number of nitrogens with zero attached hydrogens (tertiary/aromatic N) is 3. The van der Waals surface area contributed by atoms with Crippen molar-refractivity contribution in [2.24, 2.45) is 11.8 Å². The number of carbonyl (C=O) groups excluding carboxylic acids is 3. The lowest BCUT2D eigenvalue weighted by molar-refractivity contribution is -0.385. The van der Waals surface area contributed by atoms with Gasteiger partial charge < -0.3 is 0 Å². The van der Waals surface area contributed by atoms with E-state index < -0.39 is 40.2 Å². The SMILES string of the molecule is O=C(c1ccccc1[N+](=O)[O-])N(Cc1ccccc1Cl)N1C(=O)[C@H]2C[C@H](Br)[C@@H](Br)C[C@H]2C1=O. The molecule has 0 spiro atoms. The third-order valence-corrected chi connectivity index (χ3v) is 9.08. The van der Waals surface area contributed by atoms with E-state index in [9.17, 15) is 24.5 Å². The summed E-state index contributed by atoms with van der Waals surface area (Å²) in [7, 11) is 0. The number of hydrazine groups is 1. The molecule has 2 aliphatic rings. The summed E-state index contributed by atoms with van der Waals surface area (Å²) in [6.45, 7) is -0.197. The zero-order valence-electron chi connectivity index (χ0n) is 17.1. The Morgan fingerprint density at radius 2 is 1.58 bits per heavy atom. The molecule has 2 aromatic rings. The fourth-order valence-electron chi connectivity index (χ4n) is 4.29. The second-order valence-electron chi connectivity index (χ2n) is 7.93. The standard InChI is InChI=1S/C22H18Br2ClN3O5/c23-16-9-14-15(10-17(16)24)22(31)27(21(14)30)26(11-12-5-1-3-7-18(12)25)20(29)13-6-2-4-8-19(13)28(32)33/h1-8,14-17H,9-11H2/t14-,15+,16-,17-/m0/s1. The molecule has 0 radical (unpaired) electrons. The summed E-state index contributed by atoms with van der Waals surface area (Å²) in [5, 5.41) is 13.7. The molecule has 33 heavy (non-hydrogen) atoms. The highest BCUT2D eigenvalue weighted by Gasteiger charge is 2.54. The summed E-state index contributed by atoms with van der Waals surface area (Å²) in [5.74, 6) is -2.97. The van der Waals surface area contributed by atoms with Crippen LogP contribution in [-0.2, 0) is 16.1 Å².